The number of methoxy groups -OCH3 is 1. The standard InChI is InChI=1S/C15H27NO2/c1-18-12-13-6-5-9-16(10-13)11-15(17)14-7-3-2-4-8-14/h13-14H,2-12H2,1H3. The van der Waals surface area contributed by atoms with Crippen LogP contribution in [0.1, 0.15) is 44.9 Å². The van der Waals surface area contributed by atoms with Crippen molar-refractivity contribution in [2.75, 3.05) is 33.4 Å². The summed E-state index contributed by atoms with van der Waals surface area (Å²) in [7, 11) is 1.77. The van der Waals surface area contributed by atoms with Gasteiger partial charge in [0.15, 0.2) is 0 Å². The monoisotopic (exact) mass is 253 g/mol. The minimum atomic E-state index is 0.363. The van der Waals surface area contributed by atoms with Gasteiger partial charge in [-0.3, -0.25) is 9.69 Å². The molecule has 18 heavy (non-hydrogen) atoms. The summed E-state index contributed by atoms with van der Waals surface area (Å²) in [5.41, 5.74) is 0. The summed E-state index contributed by atoms with van der Waals surface area (Å²) < 4.78 is 5.24. The van der Waals surface area contributed by atoms with Gasteiger partial charge in [0.25, 0.3) is 0 Å². The fourth-order valence-corrected chi connectivity index (χ4v) is 3.44. The number of carbonyl (C=O) groups excluding carboxylic acids is 1. The number of piperidine rings is 1. The zero-order valence-corrected chi connectivity index (χ0v) is 11.7. The van der Waals surface area contributed by atoms with Crippen LogP contribution in [0, 0.1) is 11.8 Å². The second-order valence-corrected chi connectivity index (χ2v) is 6.00. The average Bonchev–Trinajstić information content (AvgIpc) is 2.40. The van der Waals surface area contributed by atoms with E-state index in [1.165, 1.54) is 32.1 Å². The smallest absolute Gasteiger partial charge is 0.149 e. The Kier molecular flexibility index (Phi) is 5.64. The molecule has 2 rings (SSSR count). The van der Waals surface area contributed by atoms with E-state index in [-0.39, 0.29) is 0 Å². The predicted octanol–water partition coefficient (Wildman–Crippen LogP) is 2.49. The summed E-state index contributed by atoms with van der Waals surface area (Å²) >= 11 is 0. The van der Waals surface area contributed by atoms with Gasteiger partial charge in [0.1, 0.15) is 5.78 Å². The first-order valence-corrected chi connectivity index (χ1v) is 7.53. The van der Waals surface area contributed by atoms with E-state index in [9.17, 15) is 4.79 Å². The number of Topliss-reactive ketones (excluding diaryl/α,β-unsaturated/α-hetero) is 1. The van der Waals surface area contributed by atoms with Crippen LogP contribution in [0.5, 0.6) is 0 Å². The number of carbonyl (C=O) groups is 1. The molecule has 0 bridgehead atoms. The Labute approximate surface area is 111 Å². The molecule has 1 atom stereocenters. The second-order valence-electron chi connectivity index (χ2n) is 6.00. The van der Waals surface area contributed by atoms with Crippen molar-refractivity contribution < 1.29 is 9.53 Å². The maximum absolute atomic E-state index is 12.3. The molecule has 0 aromatic carbocycles. The van der Waals surface area contributed by atoms with Crippen LogP contribution in [-0.4, -0.2) is 44.0 Å². The first-order chi connectivity index (χ1) is 8.79. The molecule has 2 aliphatic rings. The van der Waals surface area contributed by atoms with Gasteiger partial charge in [-0.25, -0.2) is 0 Å². The molecule has 0 aromatic rings. The molecule has 104 valence electrons. The third-order valence-corrected chi connectivity index (χ3v) is 4.45. The van der Waals surface area contributed by atoms with Gasteiger partial charge in [0.05, 0.1) is 13.2 Å². The Morgan fingerprint density at radius 3 is 2.67 bits per heavy atom. The highest BCUT2D eigenvalue weighted by atomic mass is 16.5. The molecule has 1 aliphatic heterocycles. The summed E-state index contributed by atoms with van der Waals surface area (Å²) in [4.78, 5) is 14.6. The van der Waals surface area contributed by atoms with E-state index in [0.29, 0.717) is 24.2 Å². The van der Waals surface area contributed by atoms with Crippen LogP contribution in [0.3, 0.4) is 0 Å². The highest BCUT2D eigenvalue weighted by Crippen LogP contribution is 2.25. The highest BCUT2D eigenvalue weighted by Gasteiger charge is 2.26. The van der Waals surface area contributed by atoms with E-state index in [2.05, 4.69) is 4.90 Å². The van der Waals surface area contributed by atoms with E-state index in [4.69, 9.17) is 4.74 Å². The molecule has 3 nitrogen and oxygen atoms in total. The third kappa shape index (κ3) is 4.06. The third-order valence-electron chi connectivity index (χ3n) is 4.45. The molecule has 3 heteroatoms. The lowest BCUT2D eigenvalue weighted by atomic mass is 9.86. The number of ketones is 1. The van der Waals surface area contributed by atoms with Crippen molar-refractivity contribution in [3.63, 3.8) is 0 Å². The lowest BCUT2D eigenvalue weighted by Gasteiger charge is -2.33. The molecule has 1 unspecified atom stereocenters. The zero-order valence-electron chi connectivity index (χ0n) is 11.7. The normalized spacial score (nSPS) is 27.3. The average molecular weight is 253 g/mol. The maximum atomic E-state index is 12.3. The van der Waals surface area contributed by atoms with Crippen LogP contribution in [-0.2, 0) is 9.53 Å². The minimum absolute atomic E-state index is 0.363. The Morgan fingerprint density at radius 1 is 1.17 bits per heavy atom. The van der Waals surface area contributed by atoms with Crippen LogP contribution in [0.15, 0.2) is 0 Å². The Balaban J connectivity index is 1.75. The van der Waals surface area contributed by atoms with Gasteiger partial charge >= 0.3 is 0 Å². The molecular formula is C15H27NO2. The molecule has 2 fully saturated rings. The summed E-state index contributed by atoms with van der Waals surface area (Å²) in [5.74, 6) is 1.48. The van der Waals surface area contributed by atoms with Crippen LogP contribution in [0.25, 0.3) is 0 Å². The Bertz CT molecular complexity index is 259. The Morgan fingerprint density at radius 2 is 1.94 bits per heavy atom. The number of hydrogen-bond donors (Lipinski definition) is 0. The van der Waals surface area contributed by atoms with Gasteiger partial charge in [-0.1, -0.05) is 19.3 Å². The fraction of sp³-hybridized carbons (Fsp3) is 0.933. The first-order valence-electron chi connectivity index (χ1n) is 7.53. The summed E-state index contributed by atoms with van der Waals surface area (Å²) in [6.45, 7) is 3.67. The van der Waals surface area contributed by atoms with Gasteiger partial charge < -0.3 is 4.74 Å². The van der Waals surface area contributed by atoms with Gasteiger partial charge in [-0.2, -0.15) is 0 Å². The summed E-state index contributed by atoms with van der Waals surface area (Å²) in [6, 6.07) is 0. The lowest BCUT2D eigenvalue weighted by molar-refractivity contribution is -0.125. The summed E-state index contributed by atoms with van der Waals surface area (Å²) in [6.07, 6.45) is 8.56. The molecule has 0 spiro atoms. The van der Waals surface area contributed by atoms with Crippen LogP contribution >= 0.6 is 0 Å². The van der Waals surface area contributed by atoms with Gasteiger partial charge in [0.2, 0.25) is 0 Å². The van der Waals surface area contributed by atoms with E-state index in [0.717, 1.165) is 32.5 Å². The number of nitrogens with zero attached hydrogens (tertiary/aromatic N) is 1. The molecule has 1 saturated carbocycles. The van der Waals surface area contributed by atoms with Gasteiger partial charge in [-0.05, 0) is 38.1 Å². The van der Waals surface area contributed by atoms with Crippen LogP contribution < -0.4 is 0 Å². The summed E-state index contributed by atoms with van der Waals surface area (Å²) in [5, 5.41) is 0. The Hall–Kier alpha value is -0.410. The van der Waals surface area contributed by atoms with Gasteiger partial charge in [0, 0.05) is 19.6 Å². The minimum Gasteiger partial charge on any atom is -0.384 e. The highest BCUT2D eigenvalue weighted by molar-refractivity contribution is 5.83. The van der Waals surface area contributed by atoms with Crippen molar-refractivity contribution in [2.45, 2.75) is 44.9 Å². The van der Waals surface area contributed by atoms with E-state index >= 15 is 0 Å². The van der Waals surface area contributed by atoms with Crippen molar-refractivity contribution in [3.8, 4) is 0 Å². The van der Waals surface area contributed by atoms with Crippen molar-refractivity contribution in [1.29, 1.82) is 0 Å². The van der Waals surface area contributed by atoms with Gasteiger partial charge in [-0.15, -0.1) is 0 Å². The number of ether oxygens (including phenoxy) is 1. The largest absolute Gasteiger partial charge is 0.384 e. The van der Waals surface area contributed by atoms with Crippen molar-refractivity contribution in [3.05, 3.63) is 0 Å². The van der Waals surface area contributed by atoms with E-state index < -0.39 is 0 Å². The zero-order chi connectivity index (χ0) is 12.8. The maximum Gasteiger partial charge on any atom is 0.149 e. The van der Waals surface area contributed by atoms with Crippen molar-refractivity contribution in [1.82, 2.24) is 4.90 Å². The lowest BCUT2D eigenvalue weighted by Crippen LogP contribution is -2.41. The molecule has 1 saturated heterocycles. The predicted molar refractivity (Wildman–Crippen MR) is 72.6 cm³/mol. The molecule has 1 aliphatic carbocycles. The molecular weight excluding hydrogens is 226 g/mol. The molecule has 0 N–H and O–H groups in total. The topological polar surface area (TPSA) is 29.5 Å². The molecule has 0 aromatic heterocycles. The van der Waals surface area contributed by atoms with Crippen molar-refractivity contribution in [2.24, 2.45) is 11.8 Å². The number of rotatable bonds is 5. The molecule has 0 amide bonds. The molecule has 0 radical (unpaired) electrons. The second kappa shape index (κ2) is 7.25. The van der Waals surface area contributed by atoms with Crippen LogP contribution in [0.2, 0.25) is 0 Å². The van der Waals surface area contributed by atoms with Crippen molar-refractivity contribution >= 4 is 5.78 Å². The van der Waals surface area contributed by atoms with Crippen LogP contribution in [0.4, 0.5) is 0 Å². The number of hydrogen-bond acceptors (Lipinski definition) is 3. The SMILES string of the molecule is COCC1CCCN(CC(=O)C2CCCCC2)C1. The van der Waals surface area contributed by atoms with E-state index in [1.807, 2.05) is 0 Å². The quantitative estimate of drug-likeness (QED) is 0.754. The number of likely N-dealkylation sites (tertiary alicyclic amines) is 1. The van der Waals surface area contributed by atoms with E-state index in [1.54, 1.807) is 7.11 Å². The fourth-order valence-electron chi connectivity index (χ4n) is 3.44. The first kappa shape index (κ1) is 14.0. The molecule has 1 heterocycles.